The molecule has 0 saturated carbocycles. The number of aliphatic hydroxyl groups is 5. The molecule has 28 heavy (non-hydrogen) atoms. The van der Waals surface area contributed by atoms with Gasteiger partial charge in [-0.25, -0.2) is 0 Å². The van der Waals surface area contributed by atoms with Gasteiger partial charge in [0.2, 0.25) is 0 Å². The zero-order valence-corrected chi connectivity index (χ0v) is 15.0. The number of hydrogen-bond acceptors (Lipinski definition) is 12. The van der Waals surface area contributed by atoms with Crippen molar-refractivity contribution in [3.8, 4) is 0 Å². The molecule has 0 bridgehead atoms. The highest BCUT2D eigenvalue weighted by Gasteiger charge is 2.53. The van der Waals surface area contributed by atoms with Crippen molar-refractivity contribution in [3.63, 3.8) is 0 Å². The molecule has 3 heterocycles. The van der Waals surface area contributed by atoms with Crippen LogP contribution in [0.15, 0.2) is 0 Å². The average Bonchev–Trinajstić information content (AvgIpc) is 2.68. The van der Waals surface area contributed by atoms with Gasteiger partial charge in [0.1, 0.15) is 30.5 Å². The summed E-state index contributed by atoms with van der Waals surface area (Å²) in [7, 11) is 0. The van der Waals surface area contributed by atoms with E-state index in [-0.39, 0.29) is 0 Å². The lowest BCUT2D eigenvalue weighted by Gasteiger charge is -2.46. The molecule has 0 spiro atoms. The van der Waals surface area contributed by atoms with E-state index < -0.39 is 92.8 Å². The van der Waals surface area contributed by atoms with Gasteiger partial charge in [-0.15, -0.1) is 0 Å². The van der Waals surface area contributed by atoms with Crippen LogP contribution in [0.2, 0.25) is 0 Å². The summed E-state index contributed by atoms with van der Waals surface area (Å²) in [5.41, 5.74) is 0. The first-order valence-electron chi connectivity index (χ1n) is 8.91. The van der Waals surface area contributed by atoms with E-state index >= 15 is 0 Å². The van der Waals surface area contributed by atoms with E-state index in [0.29, 0.717) is 0 Å². The van der Waals surface area contributed by atoms with E-state index in [0.717, 1.165) is 0 Å². The van der Waals surface area contributed by atoms with Gasteiger partial charge in [0.15, 0.2) is 24.8 Å². The number of carbonyl (C=O) groups is 2. The summed E-state index contributed by atoms with van der Waals surface area (Å²) in [5.74, 6) is -1.74. The number of carbonyl (C=O) groups excluding carboxylic acids is 2. The summed E-state index contributed by atoms with van der Waals surface area (Å²) in [6.45, 7) is 0.789. The minimum atomic E-state index is -1.76. The molecule has 3 aliphatic heterocycles. The van der Waals surface area contributed by atoms with Gasteiger partial charge in [-0.1, -0.05) is 0 Å². The van der Waals surface area contributed by atoms with Crippen LogP contribution in [0.5, 0.6) is 0 Å². The van der Waals surface area contributed by atoms with Crippen molar-refractivity contribution >= 4 is 11.9 Å². The lowest BCUT2D eigenvalue weighted by molar-refractivity contribution is -0.352. The van der Waals surface area contributed by atoms with Gasteiger partial charge >= 0.3 is 11.9 Å². The second-order valence-corrected chi connectivity index (χ2v) is 6.94. The summed E-state index contributed by atoms with van der Waals surface area (Å²) in [5, 5.41) is 50.0. The Morgan fingerprint density at radius 3 is 2.04 bits per heavy atom. The Morgan fingerprint density at radius 1 is 0.821 bits per heavy atom. The topological polar surface area (TPSA) is 181 Å². The Bertz CT molecular complexity index is 584. The molecule has 10 atom stereocenters. The van der Waals surface area contributed by atoms with Crippen molar-refractivity contribution in [1.82, 2.24) is 0 Å². The van der Waals surface area contributed by atoms with Gasteiger partial charge in [-0.05, 0) is 6.92 Å². The highest BCUT2D eigenvalue weighted by Crippen LogP contribution is 2.32. The van der Waals surface area contributed by atoms with Crippen molar-refractivity contribution in [2.75, 3.05) is 6.61 Å². The second kappa shape index (κ2) is 8.55. The Balaban J connectivity index is 1.95. The number of hydrogen-bond donors (Lipinski definition) is 5. The van der Waals surface area contributed by atoms with Crippen LogP contribution in [0.4, 0.5) is 0 Å². The minimum absolute atomic E-state index is 0.392. The highest BCUT2D eigenvalue weighted by atomic mass is 16.7. The number of fused-ring (bicyclic) bond motifs is 2. The van der Waals surface area contributed by atoms with Gasteiger partial charge in [-0.3, -0.25) is 9.59 Å². The maximum atomic E-state index is 12.0. The number of aliphatic hydroxyl groups excluding tert-OH is 5. The van der Waals surface area contributed by atoms with Crippen LogP contribution in [0.25, 0.3) is 0 Å². The van der Waals surface area contributed by atoms with Crippen molar-refractivity contribution in [3.05, 3.63) is 0 Å². The first-order valence-corrected chi connectivity index (χ1v) is 8.91. The fourth-order valence-electron chi connectivity index (χ4n) is 3.37. The fraction of sp³-hybridized carbons (Fsp3) is 0.875. The highest BCUT2D eigenvalue weighted by molar-refractivity contribution is 5.78. The predicted molar refractivity (Wildman–Crippen MR) is 84.2 cm³/mol. The number of esters is 2. The molecule has 3 rings (SSSR count). The summed E-state index contributed by atoms with van der Waals surface area (Å²) in [4.78, 5) is 24.1. The summed E-state index contributed by atoms with van der Waals surface area (Å²) in [6, 6.07) is 0. The van der Waals surface area contributed by atoms with E-state index in [4.69, 9.17) is 23.7 Å². The lowest BCUT2D eigenvalue weighted by atomic mass is 9.97. The van der Waals surface area contributed by atoms with E-state index in [1.165, 1.54) is 6.92 Å². The first-order chi connectivity index (χ1) is 13.2. The van der Waals surface area contributed by atoms with Crippen molar-refractivity contribution in [2.24, 2.45) is 0 Å². The predicted octanol–water partition coefficient (Wildman–Crippen LogP) is -3.47. The largest absolute Gasteiger partial charge is 0.456 e. The van der Waals surface area contributed by atoms with Gasteiger partial charge in [0, 0.05) is 0 Å². The van der Waals surface area contributed by atoms with Gasteiger partial charge in [0.25, 0.3) is 0 Å². The van der Waals surface area contributed by atoms with Crippen LogP contribution in [0.3, 0.4) is 0 Å². The van der Waals surface area contributed by atoms with Crippen LogP contribution in [-0.2, 0) is 33.3 Å². The number of ether oxygens (including phenoxy) is 5. The minimum Gasteiger partial charge on any atom is -0.456 e. The van der Waals surface area contributed by atoms with E-state index in [1.54, 1.807) is 0 Å². The average molecular weight is 408 g/mol. The van der Waals surface area contributed by atoms with Crippen LogP contribution < -0.4 is 0 Å². The molecule has 3 aliphatic rings. The molecule has 160 valence electrons. The Labute approximate surface area is 159 Å². The summed E-state index contributed by atoms with van der Waals surface area (Å²) in [6.07, 6.45) is -15.0. The SMILES string of the molecule is C[C@@H]1O[C@H]2O[C@H]3[C@H](OC(=O)CCC(=O)O[C@@H]2[C@H](O)[C@H]1O)[C@@H](O)[C@H](O)O[C@@H]3CO. The first kappa shape index (κ1) is 21.3. The molecule has 3 fully saturated rings. The maximum Gasteiger partial charge on any atom is 0.306 e. The van der Waals surface area contributed by atoms with Crippen molar-refractivity contribution in [2.45, 2.75) is 81.2 Å². The Kier molecular flexibility index (Phi) is 6.51. The lowest BCUT2D eigenvalue weighted by Crippen LogP contribution is -2.64. The third kappa shape index (κ3) is 4.14. The molecular weight excluding hydrogens is 384 g/mol. The third-order valence-electron chi connectivity index (χ3n) is 4.96. The smallest absolute Gasteiger partial charge is 0.306 e. The molecule has 0 aromatic heterocycles. The molecular formula is C16H24O12. The molecule has 12 heteroatoms. The summed E-state index contributed by atoms with van der Waals surface area (Å²) >= 11 is 0. The molecule has 0 aromatic carbocycles. The summed E-state index contributed by atoms with van der Waals surface area (Å²) < 4.78 is 26.6. The normalized spacial score (nSPS) is 47.8. The van der Waals surface area contributed by atoms with Gasteiger partial charge < -0.3 is 49.2 Å². The van der Waals surface area contributed by atoms with Crippen molar-refractivity contribution in [1.29, 1.82) is 0 Å². The Morgan fingerprint density at radius 2 is 1.43 bits per heavy atom. The van der Waals surface area contributed by atoms with E-state index in [1.807, 2.05) is 0 Å². The molecule has 3 saturated heterocycles. The monoisotopic (exact) mass is 408 g/mol. The van der Waals surface area contributed by atoms with E-state index in [9.17, 15) is 35.1 Å². The van der Waals surface area contributed by atoms with E-state index in [2.05, 4.69) is 0 Å². The third-order valence-corrected chi connectivity index (χ3v) is 4.96. The van der Waals surface area contributed by atoms with Crippen LogP contribution >= 0.6 is 0 Å². The molecule has 12 nitrogen and oxygen atoms in total. The Hall–Kier alpha value is -1.38. The number of rotatable bonds is 1. The quantitative estimate of drug-likeness (QED) is 0.271. The standard InChI is InChI=1S/C16H24O12/c1-5-9(20)10(21)14-16(24-5)28-12-6(4-17)25-15(23)11(22)13(12)26-7(18)2-3-8(19)27-14/h5-6,9-17,20-23H,2-4H2,1H3/t5-,6+,9-,10+,11+,12+,13+,14+,15+,16-/m0/s1. The zero-order valence-electron chi connectivity index (χ0n) is 15.0. The van der Waals surface area contributed by atoms with Crippen LogP contribution in [0, 0.1) is 0 Å². The maximum absolute atomic E-state index is 12.0. The van der Waals surface area contributed by atoms with Crippen LogP contribution in [-0.4, -0.2) is 105 Å². The van der Waals surface area contributed by atoms with Crippen molar-refractivity contribution < 1.29 is 58.8 Å². The zero-order chi connectivity index (χ0) is 20.6. The molecule has 0 radical (unpaired) electrons. The molecule has 0 aliphatic carbocycles. The molecule has 0 aromatic rings. The van der Waals surface area contributed by atoms with Gasteiger partial charge in [0.05, 0.1) is 25.6 Å². The fourth-order valence-corrected chi connectivity index (χ4v) is 3.37. The molecule has 0 amide bonds. The second-order valence-electron chi connectivity index (χ2n) is 6.94. The molecule has 5 N–H and O–H groups in total. The van der Waals surface area contributed by atoms with Crippen LogP contribution in [0.1, 0.15) is 19.8 Å². The molecule has 0 unspecified atom stereocenters. The van der Waals surface area contributed by atoms with Gasteiger partial charge in [-0.2, -0.15) is 0 Å².